The highest BCUT2D eigenvalue weighted by molar-refractivity contribution is 5.95. The molecule has 0 aliphatic carbocycles. The average Bonchev–Trinajstić information content (AvgIpc) is 3.64. The van der Waals surface area contributed by atoms with Gasteiger partial charge in [0.15, 0.2) is 23.1 Å². The Bertz CT molecular complexity index is 1460. The Morgan fingerprint density at radius 1 is 1.13 bits per heavy atom. The average molecular weight is 526 g/mol. The molecule has 3 N–H and O–H groups in total. The first-order chi connectivity index (χ1) is 19.0. The van der Waals surface area contributed by atoms with Gasteiger partial charge in [0.05, 0.1) is 18.7 Å². The minimum atomic E-state index is -0.450. The highest BCUT2D eigenvalue weighted by Crippen LogP contribution is 2.40. The molecule has 1 atom stereocenters. The van der Waals surface area contributed by atoms with Crippen LogP contribution in [-0.2, 0) is 5.54 Å². The van der Waals surface area contributed by atoms with Crippen LogP contribution in [0.1, 0.15) is 40.6 Å². The van der Waals surface area contributed by atoms with Gasteiger partial charge >= 0.3 is 0 Å². The molecule has 4 heterocycles. The van der Waals surface area contributed by atoms with Crippen molar-refractivity contribution in [3.8, 4) is 22.9 Å². The van der Waals surface area contributed by atoms with Gasteiger partial charge in [-0.2, -0.15) is 5.10 Å². The predicted molar refractivity (Wildman–Crippen MR) is 147 cm³/mol. The van der Waals surface area contributed by atoms with Crippen molar-refractivity contribution in [2.45, 2.75) is 24.4 Å². The Hall–Kier alpha value is -4.44. The van der Waals surface area contributed by atoms with Crippen LogP contribution in [0.4, 0.5) is 5.69 Å². The second kappa shape index (κ2) is 10.4. The van der Waals surface area contributed by atoms with E-state index >= 15 is 0 Å². The van der Waals surface area contributed by atoms with Crippen LogP contribution < -0.4 is 20.1 Å². The van der Waals surface area contributed by atoms with Crippen molar-refractivity contribution in [3.63, 3.8) is 0 Å². The maximum absolute atomic E-state index is 13.3. The number of piperidine rings is 1. The van der Waals surface area contributed by atoms with E-state index in [1.807, 2.05) is 54.6 Å². The fraction of sp³-hybridized carbons (Fsp3) is 0.310. The van der Waals surface area contributed by atoms with Crippen molar-refractivity contribution in [2.75, 3.05) is 39.2 Å². The number of amides is 1. The molecule has 2 aromatic carbocycles. The van der Waals surface area contributed by atoms with Crippen molar-refractivity contribution in [2.24, 2.45) is 0 Å². The number of H-pyrrole nitrogens is 1. The van der Waals surface area contributed by atoms with Gasteiger partial charge in [0.2, 0.25) is 0 Å². The lowest BCUT2D eigenvalue weighted by Gasteiger charge is -2.40. The Balaban J connectivity index is 1.23. The molecule has 2 aromatic heterocycles. The van der Waals surface area contributed by atoms with Crippen LogP contribution in [0.3, 0.4) is 0 Å². The second-order valence-electron chi connectivity index (χ2n) is 10.1. The number of anilines is 1. The summed E-state index contributed by atoms with van der Waals surface area (Å²) in [7, 11) is 3.73. The van der Waals surface area contributed by atoms with E-state index in [0.29, 0.717) is 29.5 Å². The molecular weight excluding hydrogens is 494 g/mol. The SMILES string of the molecule is COc1cccc2c1OC[C@H]2NC(=O)c1cccc(NC2(c3nc(-c4ccncc4)n[nH]3)CCN(C)CC2)c1. The molecule has 6 rings (SSSR count). The summed E-state index contributed by atoms with van der Waals surface area (Å²) in [5.74, 6) is 2.60. The number of carbonyl (C=O) groups excluding carboxylic acids is 1. The quantitative estimate of drug-likeness (QED) is 0.334. The minimum Gasteiger partial charge on any atom is -0.493 e. The van der Waals surface area contributed by atoms with E-state index in [-0.39, 0.29) is 11.9 Å². The molecule has 1 amide bonds. The maximum Gasteiger partial charge on any atom is 0.251 e. The van der Waals surface area contributed by atoms with Crippen LogP contribution in [0.2, 0.25) is 0 Å². The third-order valence-corrected chi connectivity index (χ3v) is 7.53. The van der Waals surface area contributed by atoms with Gasteiger partial charge in [0.25, 0.3) is 5.91 Å². The van der Waals surface area contributed by atoms with E-state index in [0.717, 1.165) is 48.6 Å². The molecule has 2 aliphatic heterocycles. The third-order valence-electron chi connectivity index (χ3n) is 7.53. The van der Waals surface area contributed by atoms with E-state index in [1.165, 1.54) is 0 Å². The number of likely N-dealkylation sites (tertiary alicyclic amines) is 1. The van der Waals surface area contributed by atoms with Crippen LogP contribution in [0.5, 0.6) is 11.5 Å². The number of aromatic nitrogens is 4. The number of carbonyl (C=O) groups is 1. The van der Waals surface area contributed by atoms with Gasteiger partial charge in [0, 0.05) is 47.9 Å². The van der Waals surface area contributed by atoms with Gasteiger partial charge in [-0.1, -0.05) is 18.2 Å². The van der Waals surface area contributed by atoms with Crippen LogP contribution in [-0.4, -0.2) is 64.8 Å². The Labute approximate surface area is 226 Å². The number of para-hydroxylation sites is 1. The number of rotatable bonds is 7. The second-order valence-corrected chi connectivity index (χ2v) is 10.1. The summed E-state index contributed by atoms with van der Waals surface area (Å²) in [5, 5.41) is 14.5. The normalized spacial score (nSPS) is 18.2. The summed E-state index contributed by atoms with van der Waals surface area (Å²) < 4.78 is 11.2. The van der Waals surface area contributed by atoms with Gasteiger partial charge in [-0.05, 0) is 56.3 Å². The number of aromatic amines is 1. The summed E-state index contributed by atoms with van der Waals surface area (Å²) in [4.78, 5) is 24.6. The largest absolute Gasteiger partial charge is 0.493 e. The molecule has 2 aliphatic rings. The third kappa shape index (κ3) is 4.90. The lowest BCUT2D eigenvalue weighted by molar-refractivity contribution is 0.0930. The van der Waals surface area contributed by atoms with Crippen molar-refractivity contribution in [1.29, 1.82) is 0 Å². The van der Waals surface area contributed by atoms with Gasteiger partial charge < -0.3 is 25.0 Å². The number of pyridine rings is 1. The van der Waals surface area contributed by atoms with E-state index in [1.54, 1.807) is 19.5 Å². The fourth-order valence-electron chi connectivity index (χ4n) is 5.28. The molecule has 1 saturated heterocycles. The number of benzene rings is 2. The summed E-state index contributed by atoms with van der Waals surface area (Å²) in [6.45, 7) is 2.17. The van der Waals surface area contributed by atoms with E-state index in [9.17, 15) is 4.79 Å². The molecule has 4 aromatic rings. The molecular formula is C29H31N7O3. The lowest BCUT2D eigenvalue weighted by atomic mass is 9.86. The Morgan fingerprint density at radius 3 is 2.72 bits per heavy atom. The standard InChI is InChI=1S/C29H31N7O3/c1-36-15-11-29(12-16-36,28-32-26(34-35-28)19-9-13-30-14-10-19)33-21-6-3-5-20(17-21)27(37)31-23-18-39-25-22(23)7-4-8-24(25)38-2/h3-10,13-14,17,23,33H,11-12,15-16,18H2,1-2H3,(H,31,37)(H,32,34,35)/t23-/m1/s1. The number of methoxy groups -OCH3 is 1. The van der Waals surface area contributed by atoms with Crippen LogP contribution in [0.25, 0.3) is 11.4 Å². The van der Waals surface area contributed by atoms with Crippen molar-refractivity contribution < 1.29 is 14.3 Å². The van der Waals surface area contributed by atoms with Crippen LogP contribution in [0, 0.1) is 0 Å². The van der Waals surface area contributed by atoms with Crippen molar-refractivity contribution in [3.05, 3.63) is 83.9 Å². The monoisotopic (exact) mass is 525 g/mol. The predicted octanol–water partition coefficient (Wildman–Crippen LogP) is 3.77. The summed E-state index contributed by atoms with van der Waals surface area (Å²) in [5.41, 5.74) is 2.78. The number of nitrogens with zero attached hydrogens (tertiary/aromatic N) is 4. The zero-order chi connectivity index (χ0) is 26.8. The molecule has 10 heteroatoms. The van der Waals surface area contributed by atoms with Gasteiger partial charge in [0.1, 0.15) is 6.61 Å². The van der Waals surface area contributed by atoms with E-state index < -0.39 is 5.54 Å². The summed E-state index contributed by atoms with van der Waals surface area (Å²) >= 11 is 0. The topological polar surface area (TPSA) is 117 Å². The first-order valence-corrected chi connectivity index (χ1v) is 13.1. The van der Waals surface area contributed by atoms with E-state index in [2.05, 4.69) is 37.8 Å². The number of hydrogen-bond acceptors (Lipinski definition) is 8. The van der Waals surface area contributed by atoms with Crippen LogP contribution in [0.15, 0.2) is 67.0 Å². The first kappa shape index (κ1) is 24.9. The molecule has 0 bridgehead atoms. The van der Waals surface area contributed by atoms with Crippen LogP contribution >= 0.6 is 0 Å². The molecule has 200 valence electrons. The lowest BCUT2D eigenvalue weighted by Crippen LogP contribution is -2.46. The molecule has 0 unspecified atom stereocenters. The minimum absolute atomic E-state index is 0.167. The number of hydrogen-bond donors (Lipinski definition) is 3. The highest BCUT2D eigenvalue weighted by Gasteiger charge is 2.39. The van der Waals surface area contributed by atoms with E-state index in [4.69, 9.17) is 14.5 Å². The summed E-state index contributed by atoms with van der Waals surface area (Å²) in [6, 6.07) is 16.8. The molecule has 1 fully saturated rings. The molecule has 0 radical (unpaired) electrons. The zero-order valence-electron chi connectivity index (χ0n) is 22.0. The Kier molecular flexibility index (Phi) is 6.62. The Morgan fingerprint density at radius 2 is 1.92 bits per heavy atom. The first-order valence-electron chi connectivity index (χ1n) is 13.1. The molecule has 39 heavy (non-hydrogen) atoms. The summed E-state index contributed by atoms with van der Waals surface area (Å²) in [6.07, 6.45) is 5.14. The van der Waals surface area contributed by atoms with Gasteiger partial charge in [-0.15, -0.1) is 0 Å². The van der Waals surface area contributed by atoms with Crippen molar-refractivity contribution >= 4 is 11.6 Å². The molecule has 0 saturated carbocycles. The molecule has 0 spiro atoms. The molecule has 10 nitrogen and oxygen atoms in total. The smallest absolute Gasteiger partial charge is 0.251 e. The van der Waals surface area contributed by atoms with Crippen molar-refractivity contribution in [1.82, 2.24) is 30.4 Å². The van der Waals surface area contributed by atoms with Gasteiger partial charge in [-0.25, -0.2) is 4.98 Å². The number of fused-ring (bicyclic) bond motifs is 1. The zero-order valence-corrected chi connectivity index (χ0v) is 22.0. The highest BCUT2D eigenvalue weighted by atomic mass is 16.5. The number of ether oxygens (including phenoxy) is 2. The van der Waals surface area contributed by atoms with Gasteiger partial charge in [-0.3, -0.25) is 14.9 Å². The fourth-order valence-corrected chi connectivity index (χ4v) is 5.28. The number of nitrogens with one attached hydrogen (secondary N) is 3. The maximum atomic E-state index is 13.3.